The highest BCUT2D eigenvalue weighted by molar-refractivity contribution is 6.32. The van der Waals surface area contributed by atoms with Crippen molar-refractivity contribution in [3.8, 4) is 5.75 Å². The number of hydrogen-bond donors (Lipinski definition) is 1. The van der Waals surface area contributed by atoms with Crippen LogP contribution >= 0.6 is 11.6 Å². The number of nitrogens with zero attached hydrogens (tertiary/aromatic N) is 1. The Morgan fingerprint density at radius 1 is 1.38 bits per heavy atom. The normalized spacial score (nSPS) is 10.8. The van der Waals surface area contributed by atoms with Crippen molar-refractivity contribution >= 4 is 17.5 Å². The van der Waals surface area contributed by atoms with Gasteiger partial charge in [0.25, 0.3) is 0 Å². The van der Waals surface area contributed by atoms with E-state index in [1.807, 2.05) is 34.0 Å². The van der Waals surface area contributed by atoms with Gasteiger partial charge in [-0.25, -0.2) is 0 Å². The molecule has 1 N–H and O–H groups in total. The first kappa shape index (κ1) is 17.8. The lowest BCUT2D eigenvalue weighted by molar-refractivity contribution is -0.120. The van der Waals surface area contributed by atoms with Crippen LogP contribution in [0.2, 0.25) is 5.02 Å². The summed E-state index contributed by atoms with van der Waals surface area (Å²) in [6.45, 7) is 5.49. The van der Waals surface area contributed by atoms with E-state index in [4.69, 9.17) is 16.3 Å². The third-order valence-electron chi connectivity index (χ3n) is 3.43. The van der Waals surface area contributed by atoms with E-state index in [1.165, 1.54) is 0 Å². The SMILES string of the molecule is COc1cc(C)c(Cl)c(C)c1CC(=O)NCCCN(C)C. The number of carbonyl (C=O) groups is 1. The van der Waals surface area contributed by atoms with Crippen LogP contribution < -0.4 is 10.1 Å². The highest BCUT2D eigenvalue weighted by Crippen LogP contribution is 2.31. The largest absolute Gasteiger partial charge is 0.496 e. The van der Waals surface area contributed by atoms with Crippen LogP contribution in [0.15, 0.2) is 6.07 Å². The van der Waals surface area contributed by atoms with Crippen molar-refractivity contribution in [2.75, 3.05) is 34.3 Å². The number of ether oxygens (including phenoxy) is 1. The fourth-order valence-corrected chi connectivity index (χ4v) is 2.38. The Kier molecular flexibility index (Phi) is 6.99. The molecule has 1 aromatic rings. The molecule has 118 valence electrons. The number of amides is 1. The third kappa shape index (κ3) is 5.21. The van der Waals surface area contributed by atoms with Crippen LogP contribution in [0.4, 0.5) is 0 Å². The van der Waals surface area contributed by atoms with Crippen LogP contribution in [0, 0.1) is 13.8 Å². The van der Waals surface area contributed by atoms with E-state index >= 15 is 0 Å². The second-order valence-electron chi connectivity index (χ2n) is 5.50. The van der Waals surface area contributed by atoms with Gasteiger partial charge < -0.3 is 15.0 Å². The molecule has 0 aliphatic rings. The maximum absolute atomic E-state index is 12.1. The van der Waals surface area contributed by atoms with Crippen LogP contribution in [0.3, 0.4) is 0 Å². The van der Waals surface area contributed by atoms with E-state index < -0.39 is 0 Å². The number of hydrogen-bond acceptors (Lipinski definition) is 3. The molecule has 0 fully saturated rings. The molecule has 0 bridgehead atoms. The van der Waals surface area contributed by atoms with E-state index in [2.05, 4.69) is 10.2 Å². The van der Waals surface area contributed by atoms with E-state index in [0.29, 0.717) is 11.6 Å². The van der Waals surface area contributed by atoms with Crippen molar-refractivity contribution < 1.29 is 9.53 Å². The van der Waals surface area contributed by atoms with Crippen LogP contribution in [0.1, 0.15) is 23.1 Å². The standard InChI is InChI=1S/C16H25ClN2O2/c1-11-9-14(21-5)13(12(2)16(11)17)10-15(20)18-7-6-8-19(3)4/h9H,6-8,10H2,1-5H3,(H,18,20). The molecule has 0 radical (unpaired) electrons. The Morgan fingerprint density at radius 2 is 2.05 bits per heavy atom. The fraction of sp³-hybridized carbons (Fsp3) is 0.562. The molecule has 1 aromatic carbocycles. The molecule has 5 heteroatoms. The predicted octanol–water partition coefficient (Wildman–Crippen LogP) is 2.58. The molecule has 21 heavy (non-hydrogen) atoms. The molecule has 0 heterocycles. The first-order chi connectivity index (χ1) is 9.86. The summed E-state index contributed by atoms with van der Waals surface area (Å²) < 4.78 is 5.37. The van der Waals surface area contributed by atoms with Crippen LogP contribution in [0.25, 0.3) is 0 Å². The Bertz CT molecular complexity index is 502. The van der Waals surface area contributed by atoms with Crippen LogP contribution in [-0.4, -0.2) is 45.1 Å². The molecular weight excluding hydrogens is 288 g/mol. The fourth-order valence-electron chi connectivity index (χ4n) is 2.21. The molecule has 0 aliphatic heterocycles. The van der Waals surface area contributed by atoms with Crippen molar-refractivity contribution in [3.63, 3.8) is 0 Å². The van der Waals surface area contributed by atoms with Gasteiger partial charge in [-0.3, -0.25) is 4.79 Å². The zero-order chi connectivity index (χ0) is 16.0. The third-order valence-corrected chi connectivity index (χ3v) is 4.02. The second kappa shape index (κ2) is 8.25. The minimum Gasteiger partial charge on any atom is -0.496 e. The molecule has 1 amide bonds. The lowest BCUT2D eigenvalue weighted by atomic mass is 10.0. The monoisotopic (exact) mass is 312 g/mol. The topological polar surface area (TPSA) is 41.6 Å². The summed E-state index contributed by atoms with van der Waals surface area (Å²) in [6.07, 6.45) is 1.22. The Labute approximate surface area is 132 Å². The van der Waals surface area contributed by atoms with Crippen LogP contribution in [-0.2, 0) is 11.2 Å². The zero-order valence-electron chi connectivity index (χ0n) is 13.5. The molecule has 0 saturated carbocycles. The average Bonchev–Trinajstić information content (AvgIpc) is 2.43. The average molecular weight is 313 g/mol. The number of methoxy groups -OCH3 is 1. The molecule has 0 saturated heterocycles. The van der Waals surface area contributed by atoms with E-state index in [-0.39, 0.29) is 12.3 Å². The summed E-state index contributed by atoms with van der Waals surface area (Å²) >= 11 is 6.26. The number of benzene rings is 1. The summed E-state index contributed by atoms with van der Waals surface area (Å²) in [5.41, 5.74) is 2.73. The molecule has 1 rings (SSSR count). The summed E-state index contributed by atoms with van der Waals surface area (Å²) in [5.74, 6) is 0.716. The zero-order valence-corrected chi connectivity index (χ0v) is 14.3. The molecule has 0 spiro atoms. The van der Waals surface area contributed by atoms with Crippen molar-refractivity contribution in [1.82, 2.24) is 10.2 Å². The Morgan fingerprint density at radius 3 is 2.62 bits per heavy atom. The molecule has 0 aromatic heterocycles. The predicted molar refractivity (Wildman–Crippen MR) is 87.4 cm³/mol. The summed E-state index contributed by atoms with van der Waals surface area (Å²) in [6, 6.07) is 1.88. The van der Waals surface area contributed by atoms with Gasteiger partial charge in [0.1, 0.15) is 5.75 Å². The quantitative estimate of drug-likeness (QED) is 0.787. The van der Waals surface area contributed by atoms with E-state index in [9.17, 15) is 4.79 Å². The van der Waals surface area contributed by atoms with Gasteiger partial charge >= 0.3 is 0 Å². The van der Waals surface area contributed by atoms with Gasteiger partial charge in [0, 0.05) is 17.1 Å². The summed E-state index contributed by atoms with van der Waals surface area (Å²) in [5, 5.41) is 3.64. The lowest BCUT2D eigenvalue weighted by Gasteiger charge is -2.15. The van der Waals surface area contributed by atoms with Crippen LogP contribution in [0.5, 0.6) is 5.75 Å². The number of carbonyl (C=O) groups excluding carboxylic acids is 1. The Hall–Kier alpha value is -1.26. The van der Waals surface area contributed by atoms with Gasteiger partial charge in [-0.05, 0) is 58.1 Å². The maximum atomic E-state index is 12.1. The van der Waals surface area contributed by atoms with E-state index in [0.717, 1.165) is 35.4 Å². The Balaban J connectivity index is 2.69. The van der Waals surface area contributed by atoms with E-state index in [1.54, 1.807) is 7.11 Å². The summed E-state index contributed by atoms with van der Waals surface area (Å²) in [4.78, 5) is 14.1. The highest BCUT2D eigenvalue weighted by atomic mass is 35.5. The minimum absolute atomic E-state index is 0.00456. The molecule has 0 aliphatic carbocycles. The first-order valence-corrected chi connectivity index (χ1v) is 7.48. The number of halogens is 1. The smallest absolute Gasteiger partial charge is 0.224 e. The molecular formula is C16H25ClN2O2. The minimum atomic E-state index is -0.00456. The molecule has 0 unspecified atom stereocenters. The molecule has 4 nitrogen and oxygen atoms in total. The second-order valence-corrected chi connectivity index (χ2v) is 5.87. The van der Waals surface area contributed by atoms with Crippen molar-refractivity contribution in [3.05, 3.63) is 27.8 Å². The first-order valence-electron chi connectivity index (χ1n) is 7.10. The van der Waals surface area contributed by atoms with Gasteiger partial charge in [-0.1, -0.05) is 11.6 Å². The summed E-state index contributed by atoms with van der Waals surface area (Å²) in [7, 11) is 5.65. The van der Waals surface area contributed by atoms with Gasteiger partial charge in [-0.2, -0.15) is 0 Å². The van der Waals surface area contributed by atoms with Gasteiger partial charge in [0.15, 0.2) is 0 Å². The van der Waals surface area contributed by atoms with Gasteiger partial charge in [-0.15, -0.1) is 0 Å². The van der Waals surface area contributed by atoms with Crippen molar-refractivity contribution in [2.45, 2.75) is 26.7 Å². The highest BCUT2D eigenvalue weighted by Gasteiger charge is 2.15. The number of nitrogens with one attached hydrogen (secondary N) is 1. The van der Waals surface area contributed by atoms with Gasteiger partial charge in [0.2, 0.25) is 5.91 Å². The maximum Gasteiger partial charge on any atom is 0.224 e. The molecule has 0 atom stereocenters. The van der Waals surface area contributed by atoms with Crippen molar-refractivity contribution in [2.24, 2.45) is 0 Å². The number of rotatable bonds is 7. The van der Waals surface area contributed by atoms with Gasteiger partial charge in [0.05, 0.1) is 13.5 Å². The lowest BCUT2D eigenvalue weighted by Crippen LogP contribution is -2.28. The number of aryl methyl sites for hydroxylation is 1. The van der Waals surface area contributed by atoms with Crippen molar-refractivity contribution in [1.29, 1.82) is 0 Å².